The number of nitrogens with zero attached hydrogens (tertiary/aromatic N) is 3. The van der Waals surface area contributed by atoms with Crippen molar-refractivity contribution in [2.24, 2.45) is 7.05 Å². The number of benzene rings is 2. The number of carbonyl (C=O) groups is 1. The number of amides is 1. The molecule has 0 radical (unpaired) electrons. The standard InChI is InChI=1S/C23H26N4O5S/c1-3-32-20-12-11-16(33(30,31)27-13-7-4-8-14-27)15-19(20)24-22(28)21-17-9-5-6-10-18(17)23(29)26(2)25-21/h5-6,9-12,15H,3-4,7-8,13-14H2,1-2H3,(H,24,28). The summed E-state index contributed by atoms with van der Waals surface area (Å²) in [5.74, 6) is -0.229. The van der Waals surface area contributed by atoms with Crippen molar-refractivity contribution in [2.45, 2.75) is 31.1 Å². The summed E-state index contributed by atoms with van der Waals surface area (Å²) < 4.78 is 34.5. The summed E-state index contributed by atoms with van der Waals surface area (Å²) in [5, 5.41) is 7.66. The van der Waals surface area contributed by atoms with E-state index in [2.05, 4.69) is 10.4 Å². The second kappa shape index (κ2) is 9.32. The van der Waals surface area contributed by atoms with E-state index in [9.17, 15) is 18.0 Å². The van der Waals surface area contributed by atoms with E-state index in [-0.39, 0.29) is 21.8 Å². The number of ether oxygens (including phenoxy) is 1. The Morgan fingerprint density at radius 2 is 1.79 bits per heavy atom. The Balaban J connectivity index is 1.74. The molecular formula is C23H26N4O5S. The number of hydrogen-bond donors (Lipinski definition) is 1. The number of carbonyl (C=O) groups excluding carboxylic acids is 1. The summed E-state index contributed by atoms with van der Waals surface area (Å²) >= 11 is 0. The van der Waals surface area contributed by atoms with Gasteiger partial charge in [0.25, 0.3) is 11.5 Å². The normalized spacial score (nSPS) is 14.8. The maximum absolute atomic E-state index is 13.2. The number of piperidine rings is 1. The van der Waals surface area contributed by atoms with Crippen LogP contribution in [0.3, 0.4) is 0 Å². The van der Waals surface area contributed by atoms with Crippen LogP contribution in [0.1, 0.15) is 36.7 Å². The van der Waals surface area contributed by atoms with Crippen molar-refractivity contribution < 1.29 is 17.9 Å². The number of aryl methyl sites for hydroxylation is 1. The highest BCUT2D eigenvalue weighted by molar-refractivity contribution is 7.89. The van der Waals surface area contributed by atoms with Crippen molar-refractivity contribution in [3.05, 3.63) is 58.5 Å². The van der Waals surface area contributed by atoms with E-state index in [4.69, 9.17) is 4.74 Å². The number of fused-ring (bicyclic) bond motifs is 1. The molecule has 0 saturated carbocycles. The van der Waals surface area contributed by atoms with Crippen LogP contribution < -0.4 is 15.6 Å². The van der Waals surface area contributed by atoms with Crippen molar-refractivity contribution in [3.8, 4) is 5.75 Å². The zero-order chi connectivity index (χ0) is 23.6. The molecular weight excluding hydrogens is 444 g/mol. The Bertz CT molecular complexity index is 1360. The third-order valence-electron chi connectivity index (χ3n) is 5.62. The van der Waals surface area contributed by atoms with Gasteiger partial charge >= 0.3 is 0 Å². The van der Waals surface area contributed by atoms with Crippen LogP contribution in [0.4, 0.5) is 5.69 Å². The van der Waals surface area contributed by atoms with Gasteiger partial charge in [0.1, 0.15) is 5.75 Å². The molecule has 0 unspecified atom stereocenters. The molecule has 3 aromatic rings. The molecule has 9 nitrogen and oxygen atoms in total. The number of rotatable bonds is 6. The number of anilines is 1. The third kappa shape index (κ3) is 4.49. The van der Waals surface area contributed by atoms with Crippen LogP contribution in [0.5, 0.6) is 5.75 Å². The lowest BCUT2D eigenvalue weighted by Gasteiger charge is -2.26. The first-order valence-electron chi connectivity index (χ1n) is 10.9. The summed E-state index contributed by atoms with van der Waals surface area (Å²) in [5.41, 5.74) is -0.0362. The highest BCUT2D eigenvalue weighted by atomic mass is 32.2. The van der Waals surface area contributed by atoms with Crippen molar-refractivity contribution in [1.29, 1.82) is 0 Å². The Kier molecular flexibility index (Phi) is 6.48. The Hall–Kier alpha value is -3.24. The average Bonchev–Trinajstić information content (AvgIpc) is 2.83. The molecule has 1 aliphatic heterocycles. The largest absolute Gasteiger partial charge is 0.492 e. The van der Waals surface area contributed by atoms with Gasteiger partial charge in [-0.3, -0.25) is 9.59 Å². The molecule has 2 heterocycles. The summed E-state index contributed by atoms with van der Waals surface area (Å²) in [7, 11) is -2.22. The second-order valence-electron chi connectivity index (χ2n) is 7.83. The fourth-order valence-electron chi connectivity index (χ4n) is 3.95. The zero-order valence-corrected chi connectivity index (χ0v) is 19.4. The lowest BCUT2D eigenvalue weighted by atomic mass is 10.1. The maximum atomic E-state index is 13.2. The van der Waals surface area contributed by atoms with E-state index in [0.29, 0.717) is 36.2 Å². The zero-order valence-electron chi connectivity index (χ0n) is 18.6. The lowest BCUT2D eigenvalue weighted by Crippen LogP contribution is -2.35. The summed E-state index contributed by atoms with van der Waals surface area (Å²) in [6, 6.07) is 11.2. The Morgan fingerprint density at radius 3 is 2.48 bits per heavy atom. The van der Waals surface area contributed by atoms with E-state index in [0.717, 1.165) is 23.9 Å². The molecule has 4 rings (SSSR count). The van der Waals surface area contributed by atoms with Gasteiger partial charge < -0.3 is 10.1 Å². The maximum Gasteiger partial charge on any atom is 0.276 e. The molecule has 0 bridgehead atoms. The van der Waals surface area contributed by atoms with Crippen LogP contribution in [0.25, 0.3) is 10.8 Å². The molecule has 0 spiro atoms. The molecule has 33 heavy (non-hydrogen) atoms. The van der Waals surface area contributed by atoms with Gasteiger partial charge in [-0.25, -0.2) is 13.1 Å². The van der Waals surface area contributed by atoms with Crippen molar-refractivity contribution in [1.82, 2.24) is 14.1 Å². The predicted octanol–water partition coefficient (Wildman–Crippen LogP) is 2.76. The van der Waals surface area contributed by atoms with E-state index >= 15 is 0 Å². The monoisotopic (exact) mass is 470 g/mol. The molecule has 1 saturated heterocycles. The molecule has 1 N–H and O–H groups in total. The Labute approximate surface area is 192 Å². The first-order chi connectivity index (χ1) is 15.8. The first kappa shape index (κ1) is 22.9. The van der Waals surface area contributed by atoms with Crippen LogP contribution in [0.2, 0.25) is 0 Å². The first-order valence-corrected chi connectivity index (χ1v) is 12.3. The minimum atomic E-state index is -3.70. The highest BCUT2D eigenvalue weighted by Gasteiger charge is 2.27. The number of aromatic nitrogens is 2. The van der Waals surface area contributed by atoms with E-state index in [1.54, 1.807) is 37.3 Å². The van der Waals surface area contributed by atoms with Crippen LogP contribution in [0, 0.1) is 0 Å². The van der Waals surface area contributed by atoms with Crippen molar-refractivity contribution in [2.75, 3.05) is 25.0 Å². The summed E-state index contributed by atoms with van der Waals surface area (Å²) in [4.78, 5) is 25.7. The smallest absolute Gasteiger partial charge is 0.276 e. The molecule has 2 aromatic carbocycles. The van der Waals surface area contributed by atoms with Crippen LogP contribution in [-0.2, 0) is 17.1 Å². The fraction of sp³-hybridized carbons (Fsp3) is 0.348. The fourth-order valence-corrected chi connectivity index (χ4v) is 5.50. The topological polar surface area (TPSA) is 111 Å². The Morgan fingerprint density at radius 1 is 1.09 bits per heavy atom. The summed E-state index contributed by atoms with van der Waals surface area (Å²) in [6.07, 6.45) is 2.66. The van der Waals surface area contributed by atoms with E-state index in [1.807, 2.05) is 0 Å². The minimum Gasteiger partial charge on any atom is -0.492 e. The quantitative estimate of drug-likeness (QED) is 0.593. The SMILES string of the molecule is CCOc1ccc(S(=O)(=O)N2CCCCC2)cc1NC(=O)c1nn(C)c(=O)c2ccccc12. The molecule has 1 amide bonds. The molecule has 1 aromatic heterocycles. The van der Waals surface area contributed by atoms with Gasteiger partial charge in [-0.15, -0.1) is 0 Å². The predicted molar refractivity (Wildman–Crippen MR) is 125 cm³/mol. The van der Waals surface area contributed by atoms with Crippen molar-refractivity contribution >= 4 is 32.4 Å². The van der Waals surface area contributed by atoms with Crippen LogP contribution in [-0.4, -0.2) is 48.1 Å². The number of hydrogen-bond acceptors (Lipinski definition) is 6. The molecule has 174 valence electrons. The molecule has 0 atom stereocenters. The molecule has 1 fully saturated rings. The van der Waals surface area contributed by atoms with Gasteiger partial charge in [0.05, 0.1) is 22.6 Å². The van der Waals surface area contributed by atoms with E-state index in [1.165, 1.54) is 23.5 Å². The number of sulfonamides is 1. The van der Waals surface area contributed by atoms with Gasteiger partial charge in [-0.05, 0) is 44.0 Å². The molecule has 1 aliphatic rings. The van der Waals surface area contributed by atoms with E-state index < -0.39 is 15.9 Å². The number of nitrogens with one attached hydrogen (secondary N) is 1. The van der Waals surface area contributed by atoms with Crippen LogP contribution in [0.15, 0.2) is 52.2 Å². The average molecular weight is 471 g/mol. The van der Waals surface area contributed by atoms with Crippen molar-refractivity contribution in [3.63, 3.8) is 0 Å². The van der Waals surface area contributed by atoms with Gasteiger partial charge in [0.2, 0.25) is 10.0 Å². The van der Waals surface area contributed by atoms with Crippen LogP contribution >= 0.6 is 0 Å². The van der Waals surface area contributed by atoms with Gasteiger partial charge in [0.15, 0.2) is 5.69 Å². The summed E-state index contributed by atoms with van der Waals surface area (Å²) in [6.45, 7) is 3.09. The second-order valence-corrected chi connectivity index (χ2v) is 9.77. The molecule has 10 heteroatoms. The molecule has 0 aliphatic carbocycles. The van der Waals surface area contributed by atoms with Gasteiger partial charge in [-0.2, -0.15) is 9.40 Å². The highest BCUT2D eigenvalue weighted by Crippen LogP contribution is 2.31. The van der Waals surface area contributed by atoms with Gasteiger partial charge in [-0.1, -0.05) is 24.6 Å². The third-order valence-corrected chi connectivity index (χ3v) is 7.52. The van der Waals surface area contributed by atoms with Gasteiger partial charge in [0, 0.05) is 25.5 Å². The minimum absolute atomic E-state index is 0.0550. The lowest BCUT2D eigenvalue weighted by molar-refractivity contribution is 0.102.